The molecule has 0 radical (unpaired) electrons. The molecular formula is C15H27N3O. The lowest BCUT2D eigenvalue weighted by atomic mass is 10.0. The van der Waals surface area contributed by atoms with E-state index in [9.17, 15) is 4.79 Å². The van der Waals surface area contributed by atoms with Gasteiger partial charge < -0.3 is 5.32 Å². The Kier molecular flexibility index (Phi) is 8.79. The Bertz CT molecular complexity index is 336. The molecule has 1 rings (SSSR count). The Morgan fingerprint density at radius 3 is 2.53 bits per heavy atom. The molecule has 1 aliphatic rings. The number of allylic oxidation sites excluding steroid dienone is 2. The van der Waals surface area contributed by atoms with Gasteiger partial charge in [0.1, 0.15) is 5.82 Å². The molecule has 1 fully saturated rings. The molecule has 1 heterocycles. The molecule has 0 spiro atoms. The lowest BCUT2D eigenvalue weighted by molar-refractivity contribution is -0.130. The minimum absolute atomic E-state index is 0.103. The van der Waals surface area contributed by atoms with Crippen LogP contribution in [0.15, 0.2) is 29.5 Å². The van der Waals surface area contributed by atoms with Crippen LogP contribution in [0, 0.1) is 5.92 Å². The highest BCUT2D eigenvalue weighted by Crippen LogP contribution is 2.21. The highest BCUT2D eigenvalue weighted by Gasteiger charge is 2.30. The monoisotopic (exact) mass is 265 g/mol. The summed E-state index contributed by atoms with van der Waals surface area (Å²) in [6.45, 7) is 13.5. The zero-order chi connectivity index (χ0) is 14.8. The Morgan fingerprint density at radius 2 is 2.11 bits per heavy atom. The minimum atomic E-state index is -0.103. The SMILES string of the molecule is C=CC.C=N/C(=C\C)N1CCC(C)CC(NC)C1=O. The summed E-state index contributed by atoms with van der Waals surface area (Å²) >= 11 is 0. The molecule has 4 heteroatoms. The number of amides is 1. The molecule has 2 atom stereocenters. The fraction of sp³-hybridized carbons (Fsp3) is 0.600. The number of nitrogens with one attached hydrogen (secondary N) is 1. The first-order valence-corrected chi connectivity index (χ1v) is 6.74. The minimum Gasteiger partial charge on any atom is -0.309 e. The van der Waals surface area contributed by atoms with E-state index in [0.29, 0.717) is 11.7 Å². The summed E-state index contributed by atoms with van der Waals surface area (Å²) in [5.41, 5.74) is 0. The molecule has 1 N–H and O–H groups in total. The second kappa shape index (κ2) is 9.50. The van der Waals surface area contributed by atoms with Gasteiger partial charge >= 0.3 is 0 Å². The van der Waals surface area contributed by atoms with Gasteiger partial charge in [0, 0.05) is 6.54 Å². The highest BCUT2D eigenvalue weighted by atomic mass is 16.2. The molecule has 0 aliphatic carbocycles. The molecule has 0 bridgehead atoms. The number of likely N-dealkylation sites (N-methyl/N-ethyl adjacent to an activating group) is 1. The van der Waals surface area contributed by atoms with E-state index >= 15 is 0 Å². The largest absolute Gasteiger partial charge is 0.309 e. The van der Waals surface area contributed by atoms with Gasteiger partial charge in [-0.25, -0.2) is 4.99 Å². The van der Waals surface area contributed by atoms with Crippen LogP contribution in [0.25, 0.3) is 0 Å². The van der Waals surface area contributed by atoms with Crippen molar-refractivity contribution in [3.8, 4) is 0 Å². The third kappa shape index (κ3) is 5.39. The number of carbonyl (C=O) groups excluding carboxylic acids is 1. The topological polar surface area (TPSA) is 44.7 Å². The van der Waals surface area contributed by atoms with Gasteiger partial charge in [0.15, 0.2) is 0 Å². The van der Waals surface area contributed by atoms with Crippen LogP contribution in [0.2, 0.25) is 0 Å². The summed E-state index contributed by atoms with van der Waals surface area (Å²) in [5, 5.41) is 3.08. The van der Waals surface area contributed by atoms with Crippen LogP contribution in [-0.4, -0.2) is 37.2 Å². The van der Waals surface area contributed by atoms with Gasteiger partial charge in [0.05, 0.1) is 6.04 Å². The van der Waals surface area contributed by atoms with E-state index in [-0.39, 0.29) is 11.9 Å². The molecule has 19 heavy (non-hydrogen) atoms. The maximum absolute atomic E-state index is 12.2. The van der Waals surface area contributed by atoms with Gasteiger partial charge in [-0.15, -0.1) is 6.58 Å². The molecule has 2 unspecified atom stereocenters. The molecule has 0 aromatic heterocycles. The number of hydrogen-bond acceptors (Lipinski definition) is 3. The maximum Gasteiger partial charge on any atom is 0.245 e. The van der Waals surface area contributed by atoms with Gasteiger partial charge in [-0.2, -0.15) is 0 Å². The number of carbonyl (C=O) groups is 1. The second-order valence-electron chi connectivity index (χ2n) is 4.67. The molecule has 1 amide bonds. The summed E-state index contributed by atoms with van der Waals surface area (Å²) < 4.78 is 0. The van der Waals surface area contributed by atoms with Crippen LogP contribution in [0.1, 0.15) is 33.6 Å². The Morgan fingerprint density at radius 1 is 1.53 bits per heavy atom. The first-order valence-electron chi connectivity index (χ1n) is 6.74. The van der Waals surface area contributed by atoms with Gasteiger partial charge in [-0.05, 0) is 52.4 Å². The quantitative estimate of drug-likeness (QED) is 0.629. The van der Waals surface area contributed by atoms with E-state index < -0.39 is 0 Å². The van der Waals surface area contributed by atoms with Crippen LogP contribution in [0.3, 0.4) is 0 Å². The second-order valence-corrected chi connectivity index (χ2v) is 4.67. The van der Waals surface area contributed by atoms with Crippen molar-refractivity contribution >= 4 is 12.6 Å². The molecular weight excluding hydrogens is 238 g/mol. The molecule has 1 aliphatic heterocycles. The molecule has 0 aromatic carbocycles. The van der Waals surface area contributed by atoms with E-state index in [1.165, 1.54) is 0 Å². The summed E-state index contributed by atoms with van der Waals surface area (Å²) in [6, 6.07) is -0.103. The Labute approximate surface area is 117 Å². The summed E-state index contributed by atoms with van der Waals surface area (Å²) in [4.78, 5) is 17.9. The summed E-state index contributed by atoms with van der Waals surface area (Å²) in [7, 11) is 1.83. The zero-order valence-electron chi connectivity index (χ0n) is 12.6. The predicted octanol–water partition coefficient (Wildman–Crippen LogP) is 2.59. The lowest BCUT2D eigenvalue weighted by Crippen LogP contribution is -2.43. The fourth-order valence-corrected chi connectivity index (χ4v) is 2.07. The Balaban J connectivity index is 0.000000982. The third-order valence-corrected chi connectivity index (χ3v) is 3.09. The van der Waals surface area contributed by atoms with Gasteiger partial charge in [0.25, 0.3) is 0 Å². The van der Waals surface area contributed by atoms with E-state index in [2.05, 4.69) is 30.5 Å². The average molecular weight is 265 g/mol. The number of aliphatic imine (C=N–C) groups is 1. The number of hydrogen-bond donors (Lipinski definition) is 1. The Hall–Kier alpha value is -1.42. The van der Waals surface area contributed by atoms with Crippen molar-refractivity contribution < 1.29 is 4.79 Å². The summed E-state index contributed by atoms with van der Waals surface area (Å²) in [6.07, 6.45) is 5.48. The standard InChI is InChI=1S/C12H21N3O.C3H6/c1-5-11(14-4)15-7-6-9(2)8-10(13-3)12(15)16;1-3-2/h5,9-10,13H,4,6-8H2,1-3H3;3H,1H2,2H3/b11-5+;. The van der Waals surface area contributed by atoms with Crippen LogP contribution >= 0.6 is 0 Å². The number of rotatable bonds is 3. The van der Waals surface area contributed by atoms with Crippen LogP contribution in [0.5, 0.6) is 0 Å². The number of likely N-dealkylation sites (tertiary alicyclic amines) is 1. The van der Waals surface area contributed by atoms with Crippen molar-refractivity contribution in [1.29, 1.82) is 0 Å². The van der Waals surface area contributed by atoms with Crippen LogP contribution in [0.4, 0.5) is 0 Å². The zero-order valence-corrected chi connectivity index (χ0v) is 12.6. The van der Waals surface area contributed by atoms with Crippen molar-refractivity contribution in [2.45, 2.75) is 39.7 Å². The maximum atomic E-state index is 12.2. The number of nitrogens with zero attached hydrogens (tertiary/aromatic N) is 2. The fourth-order valence-electron chi connectivity index (χ4n) is 2.07. The normalized spacial score (nSPS) is 24.1. The molecule has 1 saturated heterocycles. The van der Waals surface area contributed by atoms with E-state index in [1.807, 2.05) is 27.0 Å². The van der Waals surface area contributed by atoms with Gasteiger partial charge in [-0.3, -0.25) is 9.69 Å². The van der Waals surface area contributed by atoms with Crippen LogP contribution in [-0.2, 0) is 4.79 Å². The smallest absolute Gasteiger partial charge is 0.245 e. The van der Waals surface area contributed by atoms with E-state index in [1.54, 1.807) is 11.0 Å². The van der Waals surface area contributed by atoms with E-state index in [4.69, 9.17) is 0 Å². The van der Waals surface area contributed by atoms with Crippen molar-refractivity contribution in [2.75, 3.05) is 13.6 Å². The molecule has 0 saturated carbocycles. The first kappa shape index (κ1) is 17.6. The predicted molar refractivity (Wildman–Crippen MR) is 82.1 cm³/mol. The van der Waals surface area contributed by atoms with Crippen molar-refractivity contribution in [1.82, 2.24) is 10.2 Å². The van der Waals surface area contributed by atoms with Crippen molar-refractivity contribution in [3.05, 3.63) is 24.6 Å². The molecule has 0 aromatic rings. The van der Waals surface area contributed by atoms with Crippen molar-refractivity contribution in [3.63, 3.8) is 0 Å². The van der Waals surface area contributed by atoms with Crippen molar-refractivity contribution in [2.24, 2.45) is 10.9 Å². The van der Waals surface area contributed by atoms with E-state index in [0.717, 1.165) is 19.4 Å². The molecule has 4 nitrogen and oxygen atoms in total. The average Bonchev–Trinajstić information content (AvgIpc) is 2.53. The first-order chi connectivity index (χ1) is 9.05. The van der Waals surface area contributed by atoms with Gasteiger partial charge in [0.2, 0.25) is 5.91 Å². The van der Waals surface area contributed by atoms with Crippen LogP contribution < -0.4 is 5.32 Å². The highest BCUT2D eigenvalue weighted by molar-refractivity contribution is 5.83. The molecule has 108 valence electrons. The third-order valence-electron chi connectivity index (χ3n) is 3.09. The lowest BCUT2D eigenvalue weighted by Gasteiger charge is -2.23. The van der Waals surface area contributed by atoms with Gasteiger partial charge in [-0.1, -0.05) is 13.0 Å². The summed E-state index contributed by atoms with van der Waals surface area (Å²) in [5.74, 6) is 1.32.